The lowest BCUT2D eigenvalue weighted by Crippen LogP contribution is -2.08. The molecule has 0 atom stereocenters. The molecule has 0 aliphatic rings. The fraction of sp³-hybridized carbons (Fsp3) is 0.500. The molecule has 0 heterocycles. The van der Waals surface area contributed by atoms with Crippen molar-refractivity contribution < 1.29 is 13.2 Å². The number of hydrogen-bond acceptors (Lipinski definition) is 3. The summed E-state index contributed by atoms with van der Waals surface area (Å²) in [4.78, 5) is 0. The van der Waals surface area contributed by atoms with Crippen molar-refractivity contribution >= 4 is 32.4 Å². The molecule has 0 bridgehead atoms. The van der Waals surface area contributed by atoms with Gasteiger partial charge in [-0.15, -0.1) is 0 Å². The Bertz CT molecular complexity index is 471. The lowest BCUT2D eigenvalue weighted by Gasteiger charge is -2.09. The van der Waals surface area contributed by atoms with Crippen LogP contribution in [0.5, 0.6) is 5.75 Å². The third kappa shape index (κ3) is 5.25. The van der Waals surface area contributed by atoms with E-state index in [4.69, 9.17) is 4.74 Å². The van der Waals surface area contributed by atoms with E-state index < -0.39 is 9.84 Å². The third-order valence-corrected chi connectivity index (χ3v) is 5.07. The van der Waals surface area contributed by atoms with Crippen LogP contribution >= 0.6 is 22.6 Å². The van der Waals surface area contributed by atoms with E-state index in [0.29, 0.717) is 13.0 Å². The Morgan fingerprint density at radius 2 is 1.76 bits per heavy atom. The van der Waals surface area contributed by atoms with Crippen molar-refractivity contribution in [1.82, 2.24) is 0 Å². The van der Waals surface area contributed by atoms with E-state index in [2.05, 4.69) is 22.6 Å². The summed E-state index contributed by atoms with van der Waals surface area (Å²) in [6.45, 7) is 4.52. The van der Waals surface area contributed by atoms with Gasteiger partial charge in [0.25, 0.3) is 0 Å². The first-order chi connectivity index (χ1) is 7.79. The first-order valence-electron chi connectivity index (χ1n) is 5.37. The monoisotopic (exact) mass is 368 g/mol. The fourth-order valence-corrected chi connectivity index (χ4v) is 2.45. The van der Waals surface area contributed by atoms with Crippen LogP contribution in [0.4, 0.5) is 0 Å². The number of hydrogen-bond donors (Lipinski definition) is 0. The van der Waals surface area contributed by atoms with Gasteiger partial charge in [0, 0.05) is 9.83 Å². The highest BCUT2D eigenvalue weighted by atomic mass is 127. The van der Waals surface area contributed by atoms with Crippen LogP contribution < -0.4 is 4.74 Å². The maximum atomic E-state index is 10.9. The molecule has 5 heteroatoms. The highest BCUT2D eigenvalue weighted by Crippen LogP contribution is 2.23. The van der Waals surface area contributed by atoms with Gasteiger partial charge >= 0.3 is 0 Å². The molecule has 0 spiro atoms. The summed E-state index contributed by atoms with van der Waals surface area (Å²) in [5, 5.41) is 0. The number of sulfone groups is 1. The molecule has 0 saturated heterocycles. The number of halogens is 1. The minimum Gasteiger partial charge on any atom is -0.494 e. The third-order valence-electron chi connectivity index (χ3n) is 2.34. The summed E-state index contributed by atoms with van der Waals surface area (Å²) < 4.78 is 28.7. The van der Waals surface area contributed by atoms with Crippen molar-refractivity contribution in [2.45, 2.75) is 20.3 Å². The van der Waals surface area contributed by atoms with Crippen molar-refractivity contribution in [3.8, 4) is 5.75 Å². The minimum absolute atomic E-state index is 0.176. The molecule has 0 fully saturated rings. The molecule has 0 unspecified atom stereocenters. The van der Waals surface area contributed by atoms with Gasteiger partial charge in [-0.1, -0.05) is 0 Å². The van der Waals surface area contributed by atoms with Gasteiger partial charge < -0.3 is 4.74 Å². The van der Waals surface area contributed by atoms with Crippen LogP contribution in [0.1, 0.15) is 17.5 Å². The lowest BCUT2D eigenvalue weighted by molar-refractivity contribution is 0.317. The molecule has 0 N–H and O–H groups in total. The predicted molar refractivity (Wildman–Crippen MR) is 78.5 cm³/mol. The quantitative estimate of drug-likeness (QED) is 0.593. The molecule has 3 nitrogen and oxygen atoms in total. The summed E-state index contributed by atoms with van der Waals surface area (Å²) in [5.41, 5.74) is 2.37. The summed E-state index contributed by atoms with van der Waals surface area (Å²) in [6, 6.07) is 3.96. The smallest absolute Gasteiger partial charge is 0.147 e. The van der Waals surface area contributed by atoms with Crippen LogP contribution in [0.2, 0.25) is 0 Å². The summed E-state index contributed by atoms with van der Waals surface area (Å²) in [6.07, 6.45) is 1.77. The van der Waals surface area contributed by atoms with Gasteiger partial charge in [0.2, 0.25) is 0 Å². The summed E-state index contributed by atoms with van der Waals surface area (Å²) in [5.74, 6) is 0.990. The molecule has 0 amide bonds. The zero-order valence-corrected chi connectivity index (χ0v) is 13.3. The average Bonchev–Trinajstić information content (AvgIpc) is 2.19. The molecular formula is C12H17IO3S. The molecule has 0 aliphatic carbocycles. The molecule has 0 radical (unpaired) electrons. The van der Waals surface area contributed by atoms with Crippen molar-refractivity contribution in [3.05, 3.63) is 26.8 Å². The molecule has 17 heavy (non-hydrogen) atoms. The second kappa shape index (κ2) is 6.04. The Morgan fingerprint density at radius 3 is 2.24 bits per heavy atom. The molecule has 1 rings (SSSR count). The van der Waals surface area contributed by atoms with Crippen molar-refractivity contribution in [1.29, 1.82) is 0 Å². The van der Waals surface area contributed by atoms with E-state index in [1.165, 1.54) is 21.0 Å². The zero-order valence-electron chi connectivity index (χ0n) is 10.3. The Balaban J connectivity index is 2.53. The average molecular weight is 368 g/mol. The van der Waals surface area contributed by atoms with Crippen molar-refractivity contribution in [3.63, 3.8) is 0 Å². The Labute approximate surface area is 117 Å². The molecule has 0 saturated carbocycles. The normalized spacial score (nSPS) is 11.5. The topological polar surface area (TPSA) is 43.4 Å². The van der Waals surface area contributed by atoms with Crippen LogP contribution in [0.25, 0.3) is 0 Å². The van der Waals surface area contributed by atoms with E-state index in [1.54, 1.807) is 0 Å². The largest absolute Gasteiger partial charge is 0.494 e. The SMILES string of the molecule is Cc1cc(OCCCS(C)(=O)=O)cc(C)c1I. The van der Waals surface area contributed by atoms with Crippen LogP contribution in [-0.4, -0.2) is 27.0 Å². The molecule has 96 valence electrons. The lowest BCUT2D eigenvalue weighted by atomic mass is 10.1. The molecule has 0 aliphatic heterocycles. The minimum atomic E-state index is -2.88. The van der Waals surface area contributed by atoms with Crippen LogP contribution in [0.15, 0.2) is 12.1 Å². The van der Waals surface area contributed by atoms with E-state index >= 15 is 0 Å². The van der Waals surface area contributed by atoms with Crippen LogP contribution in [0, 0.1) is 17.4 Å². The van der Waals surface area contributed by atoms with E-state index in [-0.39, 0.29) is 5.75 Å². The number of aryl methyl sites for hydroxylation is 2. The highest BCUT2D eigenvalue weighted by molar-refractivity contribution is 14.1. The second-order valence-electron chi connectivity index (χ2n) is 4.20. The standard InChI is InChI=1S/C12H17IO3S/c1-9-7-11(8-10(2)12(9)13)16-5-4-6-17(3,14)15/h7-8H,4-6H2,1-3H3. The van der Waals surface area contributed by atoms with Gasteiger partial charge in [-0.05, 0) is 66.1 Å². The van der Waals surface area contributed by atoms with E-state index in [0.717, 1.165) is 5.75 Å². The van der Waals surface area contributed by atoms with E-state index in [1.807, 2.05) is 26.0 Å². The van der Waals surface area contributed by atoms with Gasteiger partial charge in [0.05, 0.1) is 12.4 Å². The van der Waals surface area contributed by atoms with Gasteiger partial charge in [-0.25, -0.2) is 8.42 Å². The van der Waals surface area contributed by atoms with Crippen molar-refractivity contribution in [2.24, 2.45) is 0 Å². The summed E-state index contributed by atoms with van der Waals surface area (Å²) in [7, 11) is -2.88. The maximum absolute atomic E-state index is 10.9. The predicted octanol–water partition coefficient (Wildman–Crippen LogP) is 2.72. The number of ether oxygens (including phenoxy) is 1. The fourth-order valence-electron chi connectivity index (χ4n) is 1.50. The van der Waals surface area contributed by atoms with Gasteiger partial charge in [0.1, 0.15) is 15.6 Å². The molecule has 1 aromatic rings. The maximum Gasteiger partial charge on any atom is 0.147 e. The van der Waals surface area contributed by atoms with Gasteiger partial charge in [-0.2, -0.15) is 0 Å². The van der Waals surface area contributed by atoms with Crippen molar-refractivity contribution in [2.75, 3.05) is 18.6 Å². The summed E-state index contributed by atoms with van der Waals surface area (Å²) >= 11 is 2.31. The first kappa shape index (κ1) is 14.8. The van der Waals surface area contributed by atoms with Crippen LogP contribution in [0.3, 0.4) is 0 Å². The van der Waals surface area contributed by atoms with Crippen LogP contribution in [-0.2, 0) is 9.84 Å². The first-order valence-corrected chi connectivity index (χ1v) is 8.51. The highest BCUT2D eigenvalue weighted by Gasteiger charge is 2.04. The second-order valence-corrected chi connectivity index (χ2v) is 7.54. The van der Waals surface area contributed by atoms with Gasteiger partial charge in [0.15, 0.2) is 0 Å². The van der Waals surface area contributed by atoms with E-state index in [9.17, 15) is 8.42 Å². The number of benzene rings is 1. The number of rotatable bonds is 5. The molecular weight excluding hydrogens is 351 g/mol. The van der Waals surface area contributed by atoms with Gasteiger partial charge in [-0.3, -0.25) is 0 Å². The zero-order chi connectivity index (χ0) is 13.1. The Morgan fingerprint density at radius 1 is 1.24 bits per heavy atom. The molecule has 0 aromatic heterocycles. The Kier molecular flexibility index (Phi) is 5.24. The Hall–Kier alpha value is -0.300. The molecule has 1 aromatic carbocycles.